The zero-order valence-corrected chi connectivity index (χ0v) is 24.6. The number of rotatable bonds is 8. The molecule has 9 nitrogen and oxygen atoms in total. The van der Waals surface area contributed by atoms with Crippen LogP contribution in [0.1, 0.15) is 53.0 Å². The Kier molecular flexibility index (Phi) is 12.6. The maximum atomic E-state index is 12.4. The minimum Gasteiger partial charge on any atom is -0.506 e. The number of aromatic hydroxyl groups is 1. The molecule has 0 aliphatic carbocycles. The molecular formula is C30H38N2O7S. The first-order valence-corrected chi connectivity index (χ1v) is 13.8. The number of carbonyl (C=O) groups is 2. The first-order valence-electron chi connectivity index (χ1n) is 13.0. The number of ether oxygens (including phenoxy) is 3. The third-order valence-electron chi connectivity index (χ3n) is 5.06. The van der Waals surface area contributed by atoms with Crippen molar-refractivity contribution in [2.45, 2.75) is 53.1 Å². The number of phenols is 1. The monoisotopic (exact) mass is 570 g/mol. The highest BCUT2D eigenvalue weighted by molar-refractivity contribution is 8.18. The number of benzene rings is 2. The molecule has 0 aromatic heterocycles. The number of alkyl carbamates (subject to hydrolysis) is 1. The third-order valence-corrected chi connectivity index (χ3v) is 6.08. The molecule has 3 N–H and O–H groups in total. The first kappa shape index (κ1) is 32.3. The van der Waals surface area contributed by atoms with E-state index in [1.165, 1.54) is 13.2 Å². The summed E-state index contributed by atoms with van der Waals surface area (Å²) in [5, 5.41) is 23.6. The van der Waals surface area contributed by atoms with Gasteiger partial charge >= 0.3 is 12.1 Å². The molecule has 216 valence electrons. The van der Waals surface area contributed by atoms with Crippen molar-refractivity contribution < 1.29 is 34.0 Å². The molecule has 0 saturated heterocycles. The summed E-state index contributed by atoms with van der Waals surface area (Å²) in [6, 6.07) is 14.0. The van der Waals surface area contributed by atoms with Gasteiger partial charge in [0.1, 0.15) is 22.0 Å². The van der Waals surface area contributed by atoms with Gasteiger partial charge in [0.05, 0.1) is 24.3 Å². The Morgan fingerprint density at radius 3 is 2.35 bits per heavy atom. The van der Waals surface area contributed by atoms with Gasteiger partial charge in [-0.25, -0.2) is 14.6 Å². The van der Waals surface area contributed by atoms with Gasteiger partial charge in [-0.05, 0) is 70.0 Å². The number of nitrogens with zero attached hydrogens (tertiary/aromatic N) is 1. The maximum absolute atomic E-state index is 12.4. The number of aliphatic imine (C=N–C) groups is 1. The minimum absolute atomic E-state index is 0.0212. The second-order valence-corrected chi connectivity index (χ2v) is 10.6. The summed E-state index contributed by atoms with van der Waals surface area (Å²) in [6.07, 6.45) is 3.41. The van der Waals surface area contributed by atoms with E-state index in [1.807, 2.05) is 39.0 Å². The number of nitrogens with one attached hydrogen (secondary N) is 1. The van der Waals surface area contributed by atoms with Crippen molar-refractivity contribution in [3.05, 3.63) is 70.3 Å². The van der Waals surface area contributed by atoms with Gasteiger partial charge in [0.2, 0.25) is 0 Å². The van der Waals surface area contributed by atoms with Crippen LogP contribution in [-0.4, -0.2) is 53.2 Å². The highest BCUT2D eigenvalue weighted by atomic mass is 32.2. The number of hydrogen-bond donors (Lipinski definition) is 3. The molecule has 40 heavy (non-hydrogen) atoms. The van der Waals surface area contributed by atoms with Crippen LogP contribution in [0, 0.1) is 0 Å². The van der Waals surface area contributed by atoms with E-state index >= 15 is 0 Å². The summed E-state index contributed by atoms with van der Waals surface area (Å²) in [5.41, 5.74) is 0.926. The Bertz CT molecular complexity index is 1250. The van der Waals surface area contributed by atoms with E-state index in [1.54, 1.807) is 37.3 Å². The van der Waals surface area contributed by atoms with Gasteiger partial charge in [-0.2, -0.15) is 0 Å². The molecule has 1 amide bonds. The van der Waals surface area contributed by atoms with Gasteiger partial charge in [-0.15, -0.1) is 0 Å². The molecule has 0 saturated carbocycles. The fraction of sp³-hybridized carbons (Fsp3) is 0.367. The molecule has 2 aromatic carbocycles. The van der Waals surface area contributed by atoms with E-state index in [4.69, 9.17) is 14.2 Å². The number of unbranched alkanes of at least 4 members (excludes halogenated alkanes) is 1. The largest absolute Gasteiger partial charge is 0.506 e. The van der Waals surface area contributed by atoms with Crippen LogP contribution >= 0.6 is 11.8 Å². The van der Waals surface area contributed by atoms with Crippen LogP contribution in [0.15, 0.2) is 69.8 Å². The number of para-hydroxylation sites is 1. The number of phenolic OH excluding ortho intramolecular Hbond substituents is 1. The van der Waals surface area contributed by atoms with Crippen molar-refractivity contribution in [2.75, 3.05) is 20.3 Å². The fourth-order valence-corrected chi connectivity index (χ4v) is 4.28. The topological polar surface area (TPSA) is 127 Å². The Morgan fingerprint density at radius 1 is 1.07 bits per heavy atom. The molecule has 0 unspecified atom stereocenters. The standard InChI is InChI=1S/C21H19NO5S.C9H19NO2/c1-3-27-21(25)18-19(24)17(12-13-9-10-16(26-2)15(23)11-13)28-20(18)22-14-7-5-4-6-8-14;1-5-6-7-10-8(11)12-9(2,3)4/h4-12,23-24H,3H2,1-2H3;5-7H2,1-4H3,(H,10,11)/b17-12-,22-20?;. The molecule has 0 bridgehead atoms. The quantitative estimate of drug-likeness (QED) is 0.231. The van der Waals surface area contributed by atoms with Crippen molar-refractivity contribution >= 4 is 40.6 Å². The summed E-state index contributed by atoms with van der Waals surface area (Å²) in [4.78, 5) is 28.3. The fourth-order valence-electron chi connectivity index (χ4n) is 3.24. The molecule has 0 spiro atoms. The van der Waals surface area contributed by atoms with E-state index in [2.05, 4.69) is 17.2 Å². The van der Waals surface area contributed by atoms with E-state index in [-0.39, 0.29) is 29.8 Å². The zero-order valence-electron chi connectivity index (χ0n) is 23.8. The molecular weight excluding hydrogens is 532 g/mol. The van der Waals surface area contributed by atoms with Crippen molar-refractivity contribution in [1.82, 2.24) is 5.32 Å². The third kappa shape index (κ3) is 10.3. The van der Waals surface area contributed by atoms with Gasteiger partial charge < -0.3 is 29.7 Å². The highest BCUT2D eigenvalue weighted by Crippen LogP contribution is 2.40. The van der Waals surface area contributed by atoms with Crippen LogP contribution < -0.4 is 10.1 Å². The predicted molar refractivity (Wildman–Crippen MR) is 159 cm³/mol. The van der Waals surface area contributed by atoms with Gasteiger partial charge in [-0.1, -0.05) is 49.4 Å². The lowest BCUT2D eigenvalue weighted by Gasteiger charge is -2.19. The van der Waals surface area contributed by atoms with Crippen LogP contribution in [0.25, 0.3) is 6.08 Å². The summed E-state index contributed by atoms with van der Waals surface area (Å²) >= 11 is 1.16. The number of aliphatic hydroxyl groups is 1. The van der Waals surface area contributed by atoms with E-state index in [0.717, 1.165) is 24.6 Å². The summed E-state index contributed by atoms with van der Waals surface area (Å²) in [6.45, 7) is 10.2. The molecule has 0 atom stereocenters. The smallest absolute Gasteiger partial charge is 0.407 e. The van der Waals surface area contributed by atoms with Gasteiger partial charge in [0, 0.05) is 6.54 Å². The average Bonchev–Trinajstić information content (AvgIpc) is 3.18. The molecule has 3 rings (SSSR count). The van der Waals surface area contributed by atoms with Gasteiger partial charge in [-0.3, -0.25) is 0 Å². The number of amides is 1. The van der Waals surface area contributed by atoms with Crippen LogP contribution in [0.4, 0.5) is 10.5 Å². The Morgan fingerprint density at radius 2 is 1.77 bits per heavy atom. The number of esters is 1. The normalized spacial score (nSPS) is 14.9. The number of hydrogen-bond acceptors (Lipinski definition) is 9. The second kappa shape index (κ2) is 15.6. The number of carbonyl (C=O) groups excluding carboxylic acids is 2. The van der Waals surface area contributed by atoms with Crippen molar-refractivity contribution in [3.8, 4) is 11.5 Å². The van der Waals surface area contributed by atoms with Crippen LogP contribution in [-0.2, 0) is 14.3 Å². The minimum atomic E-state index is -0.636. The van der Waals surface area contributed by atoms with Crippen molar-refractivity contribution in [1.29, 1.82) is 0 Å². The Labute approximate surface area is 239 Å². The maximum Gasteiger partial charge on any atom is 0.407 e. The summed E-state index contributed by atoms with van der Waals surface area (Å²) < 4.78 is 15.1. The highest BCUT2D eigenvalue weighted by Gasteiger charge is 2.33. The van der Waals surface area contributed by atoms with E-state index in [9.17, 15) is 19.8 Å². The lowest BCUT2D eigenvalue weighted by molar-refractivity contribution is -0.138. The lowest BCUT2D eigenvalue weighted by atomic mass is 10.1. The number of methoxy groups -OCH3 is 1. The number of thioether (sulfide) groups is 1. The van der Waals surface area contributed by atoms with Crippen LogP contribution in [0.5, 0.6) is 11.5 Å². The van der Waals surface area contributed by atoms with Gasteiger partial charge in [0.25, 0.3) is 0 Å². The van der Waals surface area contributed by atoms with Gasteiger partial charge in [0.15, 0.2) is 11.5 Å². The van der Waals surface area contributed by atoms with Crippen molar-refractivity contribution in [3.63, 3.8) is 0 Å². The molecule has 2 aromatic rings. The van der Waals surface area contributed by atoms with Crippen molar-refractivity contribution in [2.24, 2.45) is 4.99 Å². The molecule has 1 heterocycles. The molecule has 10 heteroatoms. The average molecular weight is 571 g/mol. The molecule has 0 radical (unpaired) electrons. The van der Waals surface area contributed by atoms with Crippen LogP contribution in [0.2, 0.25) is 0 Å². The Hall–Kier alpha value is -3.92. The molecule has 1 aliphatic rings. The van der Waals surface area contributed by atoms with E-state index in [0.29, 0.717) is 33.5 Å². The lowest BCUT2D eigenvalue weighted by Crippen LogP contribution is -2.32. The zero-order chi connectivity index (χ0) is 29.7. The van der Waals surface area contributed by atoms with E-state index < -0.39 is 11.6 Å². The summed E-state index contributed by atoms with van der Waals surface area (Å²) in [7, 11) is 1.46. The van der Waals surface area contributed by atoms with Crippen LogP contribution in [0.3, 0.4) is 0 Å². The number of aliphatic hydroxyl groups excluding tert-OH is 1. The second-order valence-electron chi connectivity index (χ2n) is 9.52. The molecule has 1 aliphatic heterocycles. The molecule has 0 fully saturated rings. The first-order chi connectivity index (χ1) is 19.0. The summed E-state index contributed by atoms with van der Waals surface area (Å²) in [5.74, 6) is -0.511. The predicted octanol–water partition coefficient (Wildman–Crippen LogP) is 6.91. The Balaban J connectivity index is 0.000000395. The SMILES string of the molecule is CCCCNC(=O)OC(C)(C)C.CCOC(=O)C1=C(O)/C(=C/c2ccc(OC)c(O)c2)SC1=Nc1ccccc1.